The van der Waals surface area contributed by atoms with Crippen LogP contribution in [0, 0.1) is 6.92 Å². The van der Waals surface area contributed by atoms with Crippen molar-refractivity contribution in [2.75, 3.05) is 13.2 Å². The lowest BCUT2D eigenvalue weighted by atomic mass is 10.1. The number of H-pyrrole nitrogens is 1. The number of carbonyl (C=O) groups excluding carboxylic acids is 1. The molecule has 0 aliphatic carbocycles. The molecule has 146 valence electrons. The number of aromatic amines is 1. The monoisotopic (exact) mass is 377 g/mol. The van der Waals surface area contributed by atoms with Crippen LogP contribution in [0.3, 0.4) is 0 Å². The smallest absolute Gasteiger partial charge is 0.267 e. The molecule has 0 fully saturated rings. The summed E-state index contributed by atoms with van der Waals surface area (Å²) >= 11 is 0. The highest BCUT2D eigenvalue weighted by atomic mass is 16.6. The second kappa shape index (κ2) is 9.88. The first-order valence-corrected chi connectivity index (χ1v) is 9.63. The van der Waals surface area contributed by atoms with Gasteiger partial charge in [-0.2, -0.15) is 0 Å². The Kier molecular flexibility index (Phi) is 7.00. The van der Waals surface area contributed by atoms with E-state index in [1.54, 1.807) is 6.08 Å². The maximum Gasteiger partial charge on any atom is 0.267 e. The average molecular weight is 377 g/mol. The lowest BCUT2D eigenvalue weighted by molar-refractivity contribution is -0.127. The zero-order chi connectivity index (χ0) is 19.8. The van der Waals surface area contributed by atoms with E-state index in [2.05, 4.69) is 59.1 Å². The van der Waals surface area contributed by atoms with Gasteiger partial charge in [-0.3, -0.25) is 9.63 Å². The zero-order valence-corrected chi connectivity index (χ0v) is 16.4. The summed E-state index contributed by atoms with van der Waals surface area (Å²) in [4.78, 5) is 19.8. The van der Waals surface area contributed by atoms with Crippen LogP contribution in [0.5, 0.6) is 0 Å². The van der Waals surface area contributed by atoms with Gasteiger partial charge < -0.3 is 10.3 Å². The first-order chi connectivity index (χ1) is 13.7. The Balaban J connectivity index is 1.47. The molecular weight excluding hydrogens is 350 g/mol. The number of hydroxylamine groups is 1. The standard InChI is InChI=1S/C23H27N3O2/c1-3-28-26-23(27)13-12-18-8-10-19(11-9-18)16-24-15-14-20-17(2)25-22-7-5-4-6-21(20)22/h4-13,24-25H,3,14-16H2,1-2H3,(H,26,27)/b13-12+. The molecule has 3 rings (SSSR count). The van der Waals surface area contributed by atoms with Crippen LogP contribution in [-0.2, 0) is 22.6 Å². The predicted molar refractivity (Wildman–Crippen MR) is 114 cm³/mol. The number of fused-ring (bicyclic) bond motifs is 1. The van der Waals surface area contributed by atoms with E-state index >= 15 is 0 Å². The minimum Gasteiger partial charge on any atom is -0.358 e. The fraction of sp³-hybridized carbons (Fsp3) is 0.261. The summed E-state index contributed by atoms with van der Waals surface area (Å²) in [5.74, 6) is -0.264. The van der Waals surface area contributed by atoms with Crippen molar-refractivity contribution in [1.29, 1.82) is 0 Å². The molecule has 0 bridgehead atoms. The van der Waals surface area contributed by atoms with Crippen molar-refractivity contribution < 1.29 is 9.63 Å². The van der Waals surface area contributed by atoms with Gasteiger partial charge in [0.05, 0.1) is 6.61 Å². The van der Waals surface area contributed by atoms with E-state index in [4.69, 9.17) is 4.84 Å². The Labute approximate surface area is 165 Å². The Hall–Kier alpha value is -2.89. The number of para-hydroxylation sites is 1. The van der Waals surface area contributed by atoms with E-state index in [1.165, 1.54) is 33.8 Å². The molecule has 0 aliphatic heterocycles. The number of nitrogens with one attached hydrogen (secondary N) is 3. The van der Waals surface area contributed by atoms with E-state index < -0.39 is 0 Å². The Morgan fingerprint density at radius 1 is 1.14 bits per heavy atom. The molecule has 0 spiro atoms. The first kappa shape index (κ1) is 19.9. The highest BCUT2D eigenvalue weighted by molar-refractivity contribution is 5.90. The molecule has 0 unspecified atom stereocenters. The predicted octanol–water partition coefficient (Wildman–Crippen LogP) is 3.89. The summed E-state index contributed by atoms with van der Waals surface area (Å²) < 4.78 is 0. The molecule has 0 radical (unpaired) electrons. The molecule has 0 aliphatic rings. The molecular formula is C23H27N3O2. The van der Waals surface area contributed by atoms with Gasteiger partial charge in [0.15, 0.2) is 0 Å². The van der Waals surface area contributed by atoms with Crippen molar-refractivity contribution in [3.8, 4) is 0 Å². The van der Waals surface area contributed by atoms with Crippen molar-refractivity contribution in [3.05, 3.63) is 77.0 Å². The third-order valence-electron chi connectivity index (χ3n) is 4.63. The van der Waals surface area contributed by atoms with E-state index in [1.807, 2.05) is 19.1 Å². The topological polar surface area (TPSA) is 66.2 Å². The van der Waals surface area contributed by atoms with E-state index in [0.29, 0.717) is 6.61 Å². The molecule has 0 saturated heterocycles. The van der Waals surface area contributed by atoms with Gasteiger partial charge in [-0.15, -0.1) is 0 Å². The number of hydrogen-bond acceptors (Lipinski definition) is 3. The van der Waals surface area contributed by atoms with Crippen LogP contribution in [0.1, 0.15) is 29.3 Å². The van der Waals surface area contributed by atoms with Crippen molar-refractivity contribution in [2.24, 2.45) is 0 Å². The van der Waals surface area contributed by atoms with Crippen LogP contribution >= 0.6 is 0 Å². The molecule has 3 N–H and O–H groups in total. The number of carbonyl (C=O) groups is 1. The molecule has 0 saturated carbocycles. The third-order valence-corrected chi connectivity index (χ3v) is 4.63. The van der Waals surface area contributed by atoms with Crippen molar-refractivity contribution in [2.45, 2.75) is 26.8 Å². The highest BCUT2D eigenvalue weighted by Gasteiger charge is 2.07. The molecule has 1 heterocycles. The van der Waals surface area contributed by atoms with Gasteiger partial charge in [0.1, 0.15) is 0 Å². The van der Waals surface area contributed by atoms with E-state index in [0.717, 1.165) is 25.1 Å². The fourth-order valence-corrected chi connectivity index (χ4v) is 3.20. The third kappa shape index (κ3) is 5.31. The van der Waals surface area contributed by atoms with E-state index in [-0.39, 0.29) is 5.91 Å². The second-order valence-corrected chi connectivity index (χ2v) is 6.68. The van der Waals surface area contributed by atoms with Crippen molar-refractivity contribution in [1.82, 2.24) is 15.8 Å². The molecule has 1 amide bonds. The number of rotatable bonds is 9. The summed E-state index contributed by atoms with van der Waals surface area (Å²) in [7, 11) is 0. The summed E-state index contributed by atoms with van der Waals surface area (Å²) in [5, 5.41) is 4.82. The maximum absolute atomic E-state index is 11.5. The average Bonchev–Trinajstić information content (AvgIpc) is 3.04. The van der Waals surface area contributed by atoms with Crippen LogP contribution in [0.15, 0.2) is 54.6 Å². The molecule has 3 aromatic rings. The van der Waals surface area contributed by atoms with Crippen LogP contribution in [0.25, 0.3) is 17.0 Å². The number of amides is 1. The SMILES string of the molecule is CCONC(=O)/C=C/c1ccc(CNCCc2c(C)[nH]c3ccccc23)cc1. The van der Waals surface area contributed by atoms with Crippen molar-refractivity contribution >= 4 is 22.9 Å². The summed E-state index contributed by atoms with van der Waals surface area (Å²) in [6.07, 6.45) is 4.23. The first-order valence-electron chi connectivity index (χ1n) is 9.63. The Bertz CT molecular complexity index is 942. The Morgan fingerprint density at radius 2 is 1.93 bits per heavy atom. The normalized spacial score (nSPS) is 11.4. The number of aryl methyl sites for hydroxylation is 1. The highest BCUT2D eigenvalue weighted by Crippen LogP contribution is 2.21. The lowest BCUT2D eigenvalue weighted by Crippen LogP contribution is -2.20. The molecule has 1 aromatic heterocycles. The van der Waals surface area contributed by atoms with Gasteiger partial charge in [0.25, 0.3) is 5.91 Å². The van der Waals surface area contributed by atoms with Crippen LogP contribution in [0.2, 0.25) is 0 Å². The number of hydrogen-bond donors (Lipinski definition) is 3. The number of benzene rings is 2. The molecule has 2 aromatic carbocycles. The quantitative estimate of drug-likeness (QED) is 0.301. The summed E-state index contributed by atoms with van der Waals surface area (Å²) in [6, 6.07) is 16.6. The molecule has 5 nitrogen and oxygen atoms in total. The van der Waals surface area contributed by atoms with Gasteiger partial charge in [0.2, 0.25) is 0 Å². The minimum absolute atomic E-state index is 0.264. The number of aromatic nitrogens is 1. The minimum atomic E-state index is -0.264. The molecule has 5 heteroatoms. The summed E-state index contributed by atoms with van der Waals surface area (Å²) in [6.45, 7) is 6.13. The largest absolute Gasteiger partial charge is 0.358 e. The van der Waals surface area contributed by atoms with Crippen molar-refractivity contribution in [3.63, 3.8) is 0 Å². The van der Waals surface area contributed by atoms with E-state index in [9.17, 15) is 4.79 Å². The van der Waals surface area contributed by atoms with Gasteiger partial charge >= 0.3 is 0 Å². The second-order valence-electron chi connectivity index (χ2n) is 6.68. The van der Waals surface area contributed by atoms with Gasteiger partial charge in [-0.25, -0.2) is 5.48 Å². The van der Waals surface area contributed by atoms with Gasteiger partial charge in [-0.1, -0.05) is 42.5 Å². The van der Waals surface area contributed by atoms with Crippen LogP contribution in [0.4, 0.5) is 0 Å². The lowest BCUT2D eigenvalue weighted by Gasteiger charge is -2.06. The van der Waals surface area contributed by atoms with Gasteiger partial charge in [-0.05, 0) is 55.6 Å². The zero-order valence-electron chi connectivity index (χ0n) is 16.4. The van der Waals surface area contributed by atoms with Crippen LogP contribution in [-0.4, -0.2) is 24.0 Å². The molecule has 0 atom stereocenters. The van der Waals surface area contributed by atoms with Gasteiger partial charge in [0, 0.05) is 29.2 Å². The fourth-order valence-electron chi connectivity index (χ4n) is 3.20. The Morgan fingerprint density at radius 3 is 2.71 bits per heavy atom. The summed E-state index contributed by atoms with van der Waals surface area (Å²) in [5.41, 5.74) is 8.36. The van der Waals surface area contributed by atoms with Crippen LogP contribution < -0.4 is 10.8 Å². The molecule has 28 heavy (non-hydrogen) atoms. The maximum atomic E-state index is 11.5.